The Morgan fingerprint density at radius 3 is 2.50 bits per heavy atom. The second kappa shape index (κ2) is 8.52. The summed E-state index contributed by atoms with van der Waals surface area (Å²) in [4.78, 5) is 14.3. The highest BCUT2D eigenvalue weighted by Crippen LogP contribution is 2.26. The van der Waals surface area contributed by atoms with Crippen molar-refractivity contribution in [3.05, 3.63) is 0 Å². The van der Waals surface area contributed by atoms with Crippen LogP contribution in [0, 0.1) is 11.8 Å². The van der Waals surface area contributed by atoms with E-state index in [0.29, 0.717) is 23.9 Å². The van der Waals surface area contributed by atoms with E-state index >= 15 is 0 Å². The van der Waals surface area contributed by atoms with Crippen molar-refractivity contribution in [3.8, 4) is 0 Å². The lowest BCUT2D eigenvalue weighted by Gasteiger charge is -2.42. The number of hydrogen-bond donors (Lipinski definition) is 1. The molecule has 0 aromatic heterocycles. The van der Waals surface area contributed by atoms with Crippen LogP contribution in [0.25, 0.3) is 0 Å². The molecule has 2 aliphatic rings. The number of nitrogens with one attached hydrogen (secondary N) is 1. The molecule has 0 aliphatic carbocycles. The zero-order valence-corrected chi connectivity index (χ0v) is 16.1. The Labute approximate surface area is 147 Å². The van der Waals surface area contributed by atoms with Crippen molar-refractivity contribution in [2.24, 2.45) is 11.8 Å². The molecule has 2 fully saturated rings. The van der Waals surface area contributed by atoms with Gasteiger partial charge in [0.05, 0.1) is 0 Å². The summed E-state index contributed by atoms with van der Waals surface area (Å²) in [6.07, 6.45) is 4.18. The first kappa shape index (κ1) is 19.5. The first-order valence-electron chi connectivity index (χ1n) is 9.56. The van der Waals surface area contributed by atoms with Crippen LogP contribution in [0.1, 0.15) is 60.3 Å². The van der Waals surface area contributed by atoms with Gasteiger partial charge in [-0.05, 0) is 58.3 Å². The Balaban J connectivity index is 1.94. The molecule has 1 amide bonds. The number of likely N-dealkylation sites (tertiary alicyclic amines) is 1. The zero-order valence-electron chi connectivity index (χ0n) is 16.1. The molecule has 140 valence electrons. The fraction of sp³-hybridized carbons (Fsp3) is 0.947. The van der Waals surface area contributed by atoms with Crippen molar-refractivity contribution in [2.75, 3.05) is 26.3 Å². The minimum absolute atomic E-state index is 0.166. The molecule has 2 saturated heterocycles. The largest absolute Gasteiger partial charge is 0.444 e. The molecule has 2 atom stereocenters. The van der Waals surface area contributed by atoms with E-state index in [0.717, 1.165) is 52.0 Å². The lowest BCUT2D eigenvalue weighted by molar-refractivity contribution is 0.00917. The molecule has 5 heteroatoms. The number of piperidine rings is 1. The zero-order chi connectivity index (χ0) is 17.7. The molecule has 0 aromatic rings. The summed E-state index contributed by atoms with van der Waals surface area (Å²) in [6.45, 7) is 13.6. The maximum absolute atomic E-state index is 12.4. The van der Waals surface area contributed by atoms with Gasteiger partial charge in [-0.3, -0.25) is 0 Å². The van der Waals surface area contributed by atoms with E-state index in [9.17, 15) is 4.79 Å². The van der Waals surface area contributed by atoms with E-state index in [1.807, 2.05) is 25.7 Å². The standard InChI is InChI=1S/C19H36N2O3/c1-14(2)12-15-13-21(18(22)24-19(3,4)5)9-6-17(15)20-16-7-10-23-11-8-16/h14-17,20H,6-13H2,1-5H3. The van der Waals surface area contributed by atoms with Gasteiger partial charge in [0.2, 0.25) is 0 Å². The predicted octanol–water partition coefficient (Wildman–Crippen LogP) is 3.43. The minimum atomic E-state index is -0.429. The van der Waals surface area contributed by atoms with Gasteiger partial charge in [-0.25, -0.2) is 4.79 Å². The molecule has 24 heavy (non-hydrogen) atoms. The number of rotatable bonds is 4. The molecular weight excluding hydrogens is 304 g/mol. The van der Waals surface area contributed by atoms with Gasteiger partial charge < -0.3 is 19.7 Å². The fourth-order valence-corrected chi connectivity index (χ4v) is 3.76. The lowest BCUT2D eigenvalue weighted by Crippen LogP contribution is -2.55. The number of nitrogens with zero attached hydrogens (tertiary/aromatic N) is 1. The van der Waals surface area contributed by atoms with Crippen LogP contribution in [0.15, 0.2) is 0 Å². The number of carbonyl (C=O) groups excluding carboxylic acids is 1. The Hall–Kier alpha value is -0.810. The maximum Gasteiger partial charge on any atom is 0.410 e. The topological polar surface area (TPSA) is 50.8 Å². The quantitative estimate of drug-likeness (QED) is 0.852. The molecule has 2 heterocycles. The third kappa shape index (κ3) is 6.25. The van der Waals surface area contributed by atoms with Gasteiger partial charge in [0.15, 0.2) is 0 Å². The monoisotopic (exact) mass is 340 g/mol. The van der Waals surface area contributed by atoms with E-state index in [-0.39, 0.29) is 6.09 Å². The van der Waals surface area contributed by atoms with Crippen molar-refractivity contribution in [1.29, 1.82) is 0 Å². The number of hydrogen-bond acceptors (Lipinski definition) is 4. The van der Waals surface area contributed by atoms with E-state index in [1.165, 1.54) is 0 Å². The molecule has 0 saturated carbocycles. The molecule has 2 unspecified atom stereocenters. The van der Waals surface area contributed by atoms with Crippen molar-refractivity contribution in [1.82, 2.24) is 10.2 Å². The number of carbonyl (C=O) groups is 1. The van der Waals surface area contributed by atoms with Gasteiger partial charge in [-0.1, -0.05) is 13.8 Å². The van der Waals surface area contributed by atoms with Crippen LogP contribution in [-0.4, -0.2) is 55.0 Å². The molecule has 0 spiro atoms. The van der Waals surface area contributed by atoms with E-state index in [4.69, 9.17) is 9.47 Å². The highest BCUT2D eigenvalue weighted by molar-refractivity contribution is 5.68. The molecule has 0 aromatic carbocycles. The maximum atomic E-state index is 12.4. The van der Waals surface area contributed by atoms with Crippen molar-refractivity contribution >= 4 is 6.09 Å². The Bertz CT molecular complexity index is 400. The van der Waals surface area contributed by atoms with E-state index in [1.54, 1.807) is 0 Å². The summed E-state index contributed by atoms with van der Waals surface area (Å²) in [5.74, 6) is 1.13. The molecule has 2 aliphatic heterocycles. The molecule has 0 bridgehead atoms. The van der Waals surface area contributed by atoms with Crippen molar-refractivity contribution in [3.63, 3.8) is 0 Å². The third-order valence-electron chi connectivity index (χ3n) is 4.83. The van der Waals surface area contributed by atoms with Crippen molar-refractivity contribution in [2.45, 2.75) is 78.0 Å². The summed E-state index contributed by atoms with van der Waals surface area (Å²) in [5.41, 5.74) is -0.429. The normalized spacial score (nSPS) is 26.7. The highest BCUT2D eigenvalue weighted by Gasteiger charge is 2.34. The van der Waals surface area contributed by atoms with E-state index < -0.39 is 5.60 Å². The van der Waals surface area contributed by atoms with Gasteiger partial charge in [0.1, 0.15) is 5.60 Å². The van der Waals surface area contributed by atoms with Crippen LogP contribution < -0.4 is 5.32 Å². The average Bonchev–Trinajstić information content (AvgIpc) is 2.47. The Morgan fingerprint density at radius 2 is 1.92 bits per heavy atom. The minimum Gasteiger partial charge on any atom is -0.444 e. The van der Waals surface area contributed by atoms with Crippen molar-refractivity contribution < 1.29 is 14.3 Å². The van der Waals surface area contributed by atoms with Crippen LogP contribution >= 0.6 is 0 Å². The number of amides is 1. The summed E-state index contributed by atoms with van der Waals surface area (Å²) < 4.78 is 11.0. The molecule has 0 radical (unpaired) electrons. The van der Waals surface area contributed by atoms with Gasteiger partial charge in [0.25, 0.3) is 0 Å². The summed E-state index contributed by atoms with van der Waals surface area (Å²) in [5, 5.41) is 3.86. The first-order valence-corrected chi connectivity index (χ1v) is 9.56. The first-order chi connectivity index (χ1) is 11.2. The summed E-state index contributed by atoms with van der Waals surface area (Å²) in [7, 11) is 0. The molecular formula is C19H36N2O3. The summed E-state index contributed by atoms with van der Waals surface area (Å²) >= 11 is 0. The summed E-state index contributed by atoms with van der Waals surface area (Å²) in [6, 6.07) is 1.06. The molecule has 1 N–H and O–H groups in total. The van der Waals surface area contributed by atoms with Crippen LogP contribution in [0.5, 0.6) is 0 Å². The number of ether oxygens (including phenoxy) is 2. The van der Waals surface area contributed by atoms with Gasteiger partial charge in [-0.2, -0.15) is 0 Å². The SMILES string of the molecule is CC(C)CC1CN(C(=O)OC(C)(C)C)CCC1NC1CCOCC1. The van der Waals surface area contributed by atoms with E-state index in [2.05, 4.69) is 19.2 Å². The van der Waals surface area contributed by atoms with Crippen LogP contribution in [0.3, 0.4) is 0 Å². The highest BCUT2D eigenvalue weighted by atomic mass is 16.6. The van der Waals surface area contributed by atoms with Crippen LogP contribution in [0.4, 0.5) is 4.79 Å². The molecule has 2 rings (SSSR count). The Kier molecular flexibility index (Phi) is 6.93. The van der Waals surface area contributed by atoms with Gasteiger partial charge >= 0.3 is 6.09 Å². The molecule has 5 nitrogen and oxygen atoms in total. The lowest BCUT2D eigenvalue weighted by atomic mass is 9.84. The average molecular weight is 341 g/mol. The van der Waals surface area contributed by atoms with Crippen LogP contribution in [-0.2, 0) is 9.47 Å². The second-order valence-electron chi connectivity index (χ2n) is 8.76. The second-order valence-corrected chi connectivity index (χ2v) is 8.76. The van der Waals surface area contributed by atoms with Gasteiger partial charge in [-0.15, -0.1) is 0 Å². The fourth-order valence-electron chi connectivity index (χ4n) is 3.76. The van der Waals surface area contributed by atoms with Gasteiger partial charge in [0, 0.05) is 38.4 Å². The Morgan fingerprint density at radius 1 is 1.25 bits per heavy atom. The predicted molar refractivity (Wildman–Crippen MR) is 96.1 cm³/mol. The van der Waals surface area contributed by atoms with Crippen LogP contribution in [0.2, 0.25) is 0 Å². The third-order valence-corrected chi connectivity index (χ3v) is 4.83. The smallest absolute Gasteiger partial charge is 0.410 e.